The first kappa shape index (κ1) is 9.38. The summed E-state index contributed by atoms with van der Waals surface area (Å²) in [7, 11) is -4.23. The largest absolute Gasteiger partial charge is 0.393 e. The first-order valence-electron chi connectivity index (χ1n) is 3.17. The topological polar surface area (TPSA) is 101 Å². The predicted molar refractivity (Wildman–Crippen MR) is 36.1 cm³/mol. The lowest BCUT2D eigenvalue weighted by Crippen LogP contribution is -2.12. The standard InChI is InChI=1S/C5H7O6P/c6-4-1-3(5(7)11-4)2-12(8,9)10/h3H,1-2H2,(H2,8,9,10). The average Bonchev–Trinajstić information content (AvgIpc) is 2.06. The van der Waals surface area contributed by atoms with Crippen LogP contribution in [0.3, 0.4) is 0 Å². The molecule has 0 spiro atoms. The lowest BCUT2D eigenvalue weighted by atomic mass is 10.1. The van der Waals surface area contributed by atoms with Crippen LogP contribution in [0.5, 0.6) is 0 Å². The summed E-state index contributed by atoms with van der Waals surface area (Å²) >= 11 is 0. The van der Waals surface area contributed by atoms with Gasteiger partial charge in [-0.3, -0.25) is 14.2 Å². The van der Waals surface area contributed by atoms with Gasteiger partial charge in [-0.1, -0.05) is 0 Å². The molecule has 68 valence electrons. The Morgan fingerprint density at radius 1 is 1.50 bits per heavy atom. The number of ether oxygens (including phenoxy) is 1. The van der Waals surface area contributed by atoms with E-state index >= 15 is 0 Å². The number of carbonyl (C=O) groups is 2. The third kappa shape index (κ3) is 2.41. The van der Waals surface area contributed by atoms with Gasteiger partial charge in [0.25, 0.3) is 0 Å². The SMILES string of the molecule is O=C1CC(CP(=O)(O)O)C(=O)O1. The second kappa shape index (κ2) is 2.97. The molecule has 12 heavy (non-hydrogen) atoms. The Balaban J connectivity index is 2.61. The molecule has 1 saturated heterocycles. The number of rotatable bonds is 2. The molecule has 0 radical (unpaired) electrons. The molecule has 7 heteroatoms. The van der Waals surface area contributed by atoms with Crippen molar-refractivity contribution in [1.82, 2.24) is 0 Å². The summed E-state index contributed by atoms with van der Waals surface area (Å²) in [6, 6.07) is 0. The molecule has 6 nitrogen and oxygen atoms in total. The molecule has 0 bridgehead atoms. The van der Waals surface area contributed by atoms with Crippen LogP contribution in [0.25, 0.3) is 0 Å². The third-order valence-electron chi connectivity index (χ3n) is 1.42. The van der Waals surface area contributed by atoms with Crippen molar-refractivity contribution in [3.05, 3.63) is 0 Å². The monoisotopic (exact) mass is 194 g/mol. The quantitative estimate of drug-likeness (QED) is 0.341. The lowest BCUT2D eigenvalue weighted by Gasteiger charge is -2.04. The van der Waals surface area contributed by atoms with E-state index in [2.05, 4.69) is 4.74 Å². The highest BCUT2D eigenvalue weighted by atomic mass is 31.2. The first-order chi connectivity index (χ1) is 5.38. The molecule has 1 fully saturated rings. The van der Waals surface area contributed by atoms with E-state index in [1.807, 2.05) is 0 Å². The van der Waals surface area contributed by atoms with Gasteiger partial charge in [0.15, 0.2) is 0 Å². The van der Waals surface area contributed by atoms with Crippen LogP contribution in [-0.4, -0.2) is 27.9 Å². The molecule has 1 atom stereocenters. The van der Waals surface area contributed by atoms with Crippen LogP contribution < -0.4 is 0 Å². The molecule has 0 aromatic heterocycles. The van der Waals surface area contributed by atoms with Crippen molar-refractivity contribution < 1.29 is 28.7 Å². The Hall–Kier alpha value is -0.710. The maximum atomic E-state index is 10.7. The highest BCUT2D eigenvalue weighted by Gasteiger charge is 2.37. The maximum Gasteiger partial charge on any atom is 0.326 e. The molecule has 1 aliphatic heterocycles. The van der Waals surface area contributed by atoms with Crippen LogP contribution in [0.2, 0.25) is 0 Å². The zero-order chi connectivity index (χ0) is 9.35. The zero-order valence-electron chi connectivity index (χ0n) is 5.97. The summed E-state index contributed by atoms with van der Waals surface area (Å²) in [6.45, 7) is 0. The third-order valence-corrected chi connectivity index (χ3v) is 2.34. The first-order valence-corrected chi connectivity index (χ1v) is 4.97. The minimum absolute atomic E-state index is 0.232. The number of hydrogen-bond acceptors (Lipinski definition) is 4. The van der Waals surface area contributed by atoms with Crippen molar-refractivity contribution in [1.29, 1.82) is 0 Å². The van der Waals surface area contributed by atoms with Gasteiger partial charge in [-0.05, 0) is 0 Å². The normalized spacial score (nSPS) is 24.3. The molecule has 1 heterocycles. The van der Waals surface area contributed by atoms with Gasteiger partial charge in [0.05, 0.1) is 18.5 Å². The van der Waals surface area contributed by atoms with Crippen LogP contribution in [-0.2, 0) is 18.9 Å². The molecule has 0 saturated carbocycles. The van der Waals surface area contributed by atoms with Crippen LogP contribution in [0.1, 0.15) is 6.42 Å². The van der Waals surface area contributed by atoms with Crippen molar-refractivity contribution in [3.8, 4) is 0 Å². The number of esters is 2. The second-order valence-corrected chi connectivity index (χ2v) is 4.24. The Morgan fingerprint density at radius 2 is 2.08 bits per heavy atom. The smallest absolute Gasteiger partial charge is 0.326 e. The van der Waals surface area contributed by atoms with Crippen LogP contribution in [0.4, 0.5) is 0 Å². The van der Waals surface area contributed by atoms with Crippen molar-refractivity contribution >= 4 is 19.5 Å². The molecular formula is C5H7O6P. The van der Waals surface area contributed by atoms with Gasteiger partial charge in [-0.15, -0.1) is 0 Å². The van der Waals surface area contributed by atoms with E-state index in [0.717, 1.165) is 0 Å². The summed E-state index contributed by atoms with van der Waals surface area (Å²) in [5.74, 6) is -2.54. The van der Waals surface area contributed by atoms with Gasteiger partial charge in [0.2, 0.25) is 0 Å². The molecule has 2 N–H and O–H groups in total. The van der Waals surface area contributed by atoms with Gasteiger partial charge in [-0.2, -0.15) is 0 Å². The highest BCUT2D eigenvalue weighted by Crippen LogP contribution is 2.39. The summed E-state index contributed by atoms with van der Waals surface area (Å²) in [4.78, 5) is 38.1. The molecular weight excluding hydrogens is 187 g/mol. The molecule has 0 aromatic carbocycles. The average molecular weight is 194 g/mol. The van der Waals surface area contributed by atoms with Gasteiger partial charge < -0.3 is 14.5 Å². The minimum Gasteiger partial charge on any atom is -0.393 e. The summed E-state index contributed by atoms with van der Waals surface area (Å²) in [5, 5.41) is 0. The molecule has 0 aromatic rings. The Labute approximate surface area is 67.7 Å². The van der Waals surface area contributed by atoms with E-state index in [1.165, 1.54) is 0 Å². The molecule has 0 amide bonds. The van der Waals surface area contributed by atoms with E-state index in [4.69, 9.17) is 9.79 Å². The number of hydrogen-bond donors (Lipinski definition) is 2. The summed E-state index contributed by atoms with van der Waals surface area (Å²) < 4.78 is 14.5. The lowest BCUT2D eigenvalue weighted by molar-refractivity contribution is -0.152. The van der Waals surface area contributed by atoms with Crippen LogP contribution in [0.15, 0.2) is 0 Å². The van der Waals surface area contributed by atoms with E-state index in [-0.39, 0.29) is 6.42 Å². The molecule has 1 aliphatic rings. The van der Waals surface area contributed by atoms with E-state index in [1.54, 1.807) is 0 Å². The zero-order valence-corrected chi connectivity index (χ0v) is 6.86. The number of carbonyl (C=O) groups excluding carboxylic acids is 2. The van der Waals surface area contributed by atoms with E-state index in [9.17, 15) is 14.2 Å². The van der Waals surface area contributed by atoms with E-state index < -0.39 is 31.6 Å². The Morgan fingerprint density at radius 3 is 2.42 bits per heavy atom. The Bertz CT molecular complexity index is 265. The van der Waals surface area contributed by atoms with Gasteiger partial charge in [-0.25, -0.2) is 0 Å². The van der Waals surface area contributed by atoms with Gasteiger partial charge in [0, 0.05) is 0 Å². The fourth-order valence-electron chi connectivity index (χ4n) is 0.948. The minimum atomic E-state index is -4.23. The molecule has 1 unspecified atom stereocenters. The van der Waals surface area contributed by atoms with Crippen LogP contribution >= 0.6 is 7.60 Å². The Kier molecular flexibility index (Phi) is 2.32. The predicted octanol–water partition coefficient (Wildman–Crippen LogP) is -0.746. The molecule has 0 aliphatic carbocycles. The van der Waals surface area contributed by atoms with E-state index in [0.29, 0.717) is 0 Å². The van der Waals surface area contributed by atoms with Crippen molar-refractivity contribution in [2.45, 2.75) is 6.42 Å². The number of cyclic esters (lactones) is 2. The van der Waals surface area contributed by atoms with Crippen molar-refractivity contribution in [2.75, 3.05) is 6.16 Å². The summed E-state index contributed by atoms with van der Waals surface area (Å²) in [6.07, 6.45) is -0.846. The maximum absolute atomic E-state index is 10.7. The highest BCUT2D eigenvalue weighted by molar-refractivity contribution is 7.51. The fraction of sp³-hybridized carbons (Fsp3) is 0.600. The summed E-state index contributed by atoms with van der Waals surface area (Å²) in [5.41, 5.74) is 0. The second-order valence-electron chi connectivity index (χ2n) is 2.54. The van der Waals surface area contributed by atoms with Crippen LogP contribution in [0, 0.1) is 5.92 Å². The van der Waals surface area contributed by atoms with Crippen molar-refractivity contribution in [2.24, 2.45) is 5.92 Å². The van der Waals surface area contributed by atoms with Gasteiger partial charge in [0.1, 0.15) is 0 Å². The fourth-order valence-corrected chi connectivity index (χ4v) is 1.80. The molecule has 1 rings (SSSR count). The van der Waals surface area contributed by atoms with Gasteiger partial charge >= 0.3 is 19.5 Å². The van der Waals surface area contributed by atoms with Crippen molar-refractivity contribution in [3.63, 3.8) is 0 Å².